The summed E-state index contributed by atoms with van der Waals surface area (Å²) in [4.78, 5) is 0. The number of hydrogen-bond acceptors (Lipinski definition) is 3. The fourth-order valence-corrected chi connectivity index (χ4v) is 1.75. The number of methoxy groups -OCH3 is 1. The first kappa shape index (κ1) is 12.7. The molecule has 1 N–H and O–H groups in total. The van der Waals surface area contributed by atoms with Crippen molar-refractivity contribution >= 4 is 0 Å². The van der Waals surface area contributed by atoms with Crippen LogP contribution in [0.15, 0.2) is 11.6 Å². The molecule has 0 aromatic rings. The molecule has 0 fully saturated rings. The van der Waals surface area contributed by atoms with Crippen molar-refractivity contribution in [1.29, 1.82) is 0 Å². The minimum atomic E-state index is 0.496. The predicted molar refractivity (Wildman–Crippen MR) is 62.1 cm³/mol. The lowest BCUT2D eigenvalue weighted by Crippen LogP contribution is -2.33. The summed E-state index contributed by atoms with van der Waals surface area (Å²) >= 11 is 0. The van der Waals surface area contributed by atoms with Crippen molar-refractivity contribution in [3.63, 3.8) is 0 Å². The van der Waals surface area contributed by atoms with Gasteiger partial charge in [0.25, 0.3) is 0 Å². The summed E-state index contributed by atoms with van der Waals surface area (Å²) in [6, 6.07) is 0.496. The Kier molecular flexibility index (Phi) is 6.64. The first-order chi connectivity index (χ1) is 7.36. The van der Waals surface area contributed by atoms with Crippen molar-refractivity contribution in [3.8, 4) is 0 Å². The molecule has 1 aliphatic rings. The molecule has 1 rings (SSSR count). The van der Waals surface area contributed by atoms with Gasteiger partial charge in [-0.25, -0.2) is 0 Å². The van der Waals surface area contributed by atoms with E-state index in [1.165, 1.54) is 5.57 Å². The Morgan fingerprint density at radius 3 is 3.07 bits per heavy atom. The first-order valence-electron chi connectivity index (χ1n) is 5.84. The van der Waals surface area contributed by atoms with E-state index in [0.29, 0.717) is 6.04 Å². The van der Waals surface area contributed by atoms with Crippen LogP contribution < -0.4 is 5.32 Å². The quantitative estimate of drug-likeness (QED) is 0.653. The molecule has 0 saturated heterocycles. The third-order valence-electron chi connectivity index (χ3n) is 2.80. The average Bonchev–Trinajstić information content (AvgIpc) is 2.29. The van der Waals surface area contributed by atoms with Crippen LogP contribution >= 0.6 is 0 Å². The van der Waals surface area contributed by atoms with Gasteiger partial charge >= 0.3 is 0 Å². The van der Waals surface area contributed by atoms with E-state index in [0.717, 1.165) is 45.6 Å². The van der Waals surface area contributed by atoms with Gasteiger partial charge in [0.05, 0.1) is 19.8 Å². The Labute approximate surface area is 92.8 Å². The molecular weight excluding hydrogens is 190 g/mol. The molecule has 0 amide bonds. The lowest BCUT2D eigenvalue weighted by Gasteiger charge is -2.18. The molecule has 0 aromatic heterocycles. The number of hydrogen-bond donors (Lipinski definition) is 1. The van der Waals surface area contributed by atoms with Crippen LogP contribution in [0.25, 0.3) is 0 Å². The van der Waals surface area contributed by atoms with Gasteiger partial charge in [0.15, 0.2) is 0 Å². The number of ether oxygens (including phenoxy) is 2. The Morgan fingerprint density at radius 1 is 1.60 bits per heavy atom. The highest BCUT2D eigenvalue weighted by Gasteiger charge is 2.06. The summed E-state index contributed by atoms with van der Waals surface area (Å²) in [6.07, 6.45) is 5.57. The highest BCUT2D eigenvalue weighted by molar-refractivity contribution is 5.04. The van der Waals surface area contributed by atoms with Crippen LogP contribution in [0.3, 0.4) is 0 Å². The second-order valence-corrected chi connectivity index (χ2v) is 3.95. The van der Waals surface area contributed by atoms with E-state index < -0.39 is 0 Å². The fraction of sp³-hybridized carbons (Fsp3) is 0.833. The molecule has 0 aliphatic carbocycles. The van der Waals surface area contributed by atoms with Crippen molar-refractivity contribution in [2.24, 2.45) is 0 Å². The van der Waals surface area contributed by atoms with Crippen LogP contribution in [-0.2, 0) is 9.47 Å². The van der Waals surface area contributed by atoms with Gasteiger partial charge in [0, 0.05) is 13.2 Å². The van der Waals surface area contributed by atoms with Gasteiger partial charge in [-0.05, 0) is 25.8 Å². The Morgan fingerprint density at radius 2 is 2.47 bits per heavy atom. The van der Waals surface area contributed by atoms with Gasteiger partial charge in [0.2, 0.25) is 0 Å². The molecule has 0 spiro atoms. The topological polar surface area (TPSA) is 30.5 Å². The largest absolute Gasteiger partial charge is 0.383 e. The average molecular weight is 213 g/mol. The van der Waals surface area contributed by atoms with Crippen LogP contribution in [0.1, 0.15) is 26.2 Å². The molecule has 3 heteroatoms. The molecule has 1 atom stereocenters. The van der Waals surface area contributed by atoms with Gasteiger partial charge in [-0.3, -0.25) is 0 Å². The summed E-state index contributed by atoms with van der Waals surface area (Å²) in [5.41, 5.74) is 1.53. The van der Waals surface area contributed by atoms with Gasteiger partial charge < -0.3 is 14.8 Å². The molecule has 88 valence electrons. The highest BCUT2D eigenvalue weighted by Crippen LogP contribution is 2.10. The van der Waals surface area contributed by atoms with Gasteiger partial charge in [-0.15, -0.1) is 0 Å². The third-order valence-corrected chi connectivity index (χ3v) is 2.80. The zero-order chi connectivity index (χ0) is 10.9. The monoisotopic (exact) mass is 213 g/mol. The van der Waals surface area contributed by atoms with Crippen molar-refractivity contribution in [2.75, 3.05) is 33.5 Å². The highest BCUT2D eigenvalue weighted by atomic mass is 16.5. The Hall–Kier alpha value is -0.380. The SMILES string of the molecule is CCC(COC)NCCC1=CCOCC1. The van der Waals surface area contributed by atoms with Gasteiger partial charge in [-0.2, -0.15) is 0 Å². The van der Waals surface area contributed by atoms with Crippen molar-refractivity contribution < 1.29 is 9.47 Å². The van der Waals surface area contributed by atoms with E-state index in [9.17, 15) is 0 Å². The van der Waals surface area contributed by atoms with Crippen LogP contribution in [-0.4, -0.2) is 39.5 Å². The summed E-state index contributed by atoms with van der Waals surface area (Å²) in [7, 11) is 1.76. The van der Waals surface area contributed by atoms with E-state index in [-0.39, 0.29) is 0 Å². The normalized spacial score (nSPS) is 18.7. The summed E-state index contributed by atoms with van der Waals surface area (Å²) in [6.45, 7) is 5.72. The molecule has 0 saturated carbocycles. The van der Waals surface area contributed by atoms with Crippen LogP contribution in [0.4, 0.5) is 0 Å². The maximum Gasteiger partial charge on any atom is 0.0650 e. The summed E-state index contributed by atoms with van der Waals surface area (Å²) in [5, 5.41) is 3.51. The molecule has 1 heterocycles. The third kappa shape index (κ3) is 5.30. The maximum atomic E-state index is 5.27. The van der Waals surface area contributed by atoms with E-state index in [2.05, 4.69) is 18.3 Å². The van der Waals surface area contributed by atoms with Crippen LogP contribution in [0.2, 0.25) is 0 Å². The van der Waals surface area contributed by atoms with Crippen LogP contribution in [0.5, 0.6) is 0 Å². The lowest BCUT2D eigenvalue weighted by molar-refractivity contribution is 0.152. The van der Waals surface area contributed by atoms with E-state index in [4.69, 9.17) is 9.47 Å². The number of rotatable bonds is 7. The van der Waals surface area contributed by atoms with Crippen molar-refractivity contribution in [3.05, 3.63) is 11.6 Å². The van der Waals surface area contributed by atoms with Crippen molar-refractivity contribution in [1.82, 2.24) is 5.32 Å². The zero-order valence-corrected chi connectivity index (χ0v) is 9.92. The fourth-order valence-electron chi connectivity index (χ4n) is 1.75. The molecule has 0 aromatic carbocycles. The summed E-state index contributed by atoms with van der Waals surface area (Å²) in [5.74, 6) is 0. The summed E-state index contributed by atoms with van der Waals surface area (Å²) < 4.78 is 10.4. The Balaban J connectivity index is 2.11. The number of nitrogens with one attached hydrogen (secondary N) is 1. The van der Waals surface area contributed by atoms with E-state index in [1.54, 1.807) is 7.11 Å². The zero-order valence-electron chi connectivity index (χ0n) is 9.92. The molecule has 0 bridgehead atoms. The molecular formula is C12H23NO2. The molecule has 1 unspecified atom stereocenters. The van der Waals surface area contributed by atoms with Gasteiger partial charge in [0.1, 0.15) is 0 Å². The molecule has 1 aliphatic heterocycles. The van der Waals surface area contributed by atoms with Crippen LogP contribution in [0, 0.1) is 0 Å². The van der Waals surface area contributed by atoms with Crippen molar-refractivity contribution in [2.45, 2.75) is 32.2 Å². The minimum Gasteiger partial charge on any atom is -0.383 e. The minimum absolute atomic E-state index is 0.496. The lowest BCUT2D eigenvalue weighted by atomic mass is 10.1. The molecule has 0 radical (unpaired) electrons. The predicted octanol–water partition coefficient (Wildman–Crippen LogP) is 1.74. The smallest absolute Gasteiger partial charge is 0.0650 e. The Bertz CT molecular complexity index is 192. The first-order valence-corrected chi connectivity index (χ1v) is 5.84. The van der Waals surface area contributed by atoms with Gasteiger partial charge in [-0.1, -0.05) is 18.6 Å². The molecule has 3 nitrogen and oxygen atoms in total. The molecule has 15 heavy (non-hydrogen) atoms. The second-order valence-electron chi connectivity index (χ2n) is 3.95. The standard InChI is InChI=1S/C12H23NO2/c1-3-12(10-14-2)13-7-4-11-5-8-15-9-6-11/h5,12-13H,3-4,6-10H2,1-2H3. The van der Waals surface area contributed by atoms with E-state index >= 15 is 0 Å². The maximum absolute atomic E-state index is 5.27. The second kappa shape index (κ2) is 7.85. The van der Waals surface area contributed by atoms with E-state index in [1.807, 2.05) is 0 Å².